The van der Waals surface area contributed by atoms with Gasteiger partial charge in [0.2, 0.25) is 0 Å². The summed E-state index contributed by atoms with van der Waals surface area (Å²) in [6.45, 7) is 7.58. The molecule has 0 aromatic heterocycles. The number of unbranched alkanes of at least 4 members (excludes halogenated alkanes) is 1. The van der Waals surface area contributed by atoms with Crippen LogP contribution in [0, 0.1) is 11.8 Å². The average Bonchev–Trinajstić information content (AvgIpc) is 2.72. The summed E-state index contributed by atoms with van der Waals surface area (Å²) in [7, 11) is 0. The van der Waals surface area contributed by atoms with Crippen molar-refractivity contribution < 1.29 is 19.4 Å². The van der Waals surface area contributed by atoms with E-state index in [0.29, 0.717) is 30.7 Å². The number of esters is 1. The van der Waals surface area contributed by atoms with Gasteiger partial charge in [0.1, 0.15) is 5.60 Å². The number of carbonyl (C=O) groups is 2. The van der Waals surface area contributed by atoms with Gasteiger partial charge in [0.15, 0.2) is 0 Å². The van der Waals surface area contributed by atoms with Gasteiger partial charge in [-0.15, -0.1) is 0 Å². The minimum Gasteiger partial charge on any atom is -0.481 e. The van der Waals surface area contributed by atoms with Gasteiger partial charge >= 0.3 is 11.9 Å². The lowest BCUT2D eigenvalue weighted by atomic mass is 9.87. The number of carboxylic acid groups (broad SMARTS) is 1. The Morgan fingerprint density at radius 2 is 1.50 bits per heavy atom. The summed E-state index contributed by atoms with van der Waals surface area (Å²) in [4.78, 5) is 24.6. The van der Waals surface area contributed by atoms with E-state index in [1.165, 1.54) is 0 Å². The first-order valence-corrected chi connectivity index (χ1v) is 11.8. The molecule has 0 saturated heterocycles. The first-order valence-electron chi connectivity index (χ1n) is 11.4. The fourth-order valence-electron chi connectivity index (χ4n) is 3.70. The largest absolute Gasteiger partial charge is 0.481 e. The van der Waals surface area contributed by atoms with Crippen LogP contribution in [0.5, 0.6) is 0 Å². The predicted octanol–water partition coefficient (Wildman–Crippen LogP) is 7.18. The Kier molecular flexibility index (Phi) is 9.77. The first-order chi connectivity index (χ1) is 15.1. The summed E-state index contributed by atoms with van der Waals surface area (Å²) in [5.41, 5.74) is 2.67. The van der Waals surface area contributed by atoms with Gasteiger partial charge in [-0.1, -0.05) is 67.8 Å². The van der Waals surface area contributed by atoms with Gasteiger partial charge in [-0.05, 0) is 75.3 Å². The molecule has 2 aromatic rings. The highest BCUT2D eigenvalue weighted by Gasteiger charge is 2.30. The van der Waals surface area contributed by atoms with Gasteiger partial charge in [-0.2, -0.15) is 0 Å². The van der Waals surface area contributed by atoms with Crippen LogP contribution in [0.15, 0.2) is 48.5 Å². The van der Waals surface area contributed by atoms with E-state index in [1.807, 2.05) is 69.3 Å². The maximum atomic E-state index is 12.7. The summed E-state index contributed by atoms with van der Waals surface area (Å²) in [6, 6.07) is 15.8. The van der Waals surface area contributed by atoms with E-state index in [-0.39, 0.29) is 11.9 Å². The Hall–Kier alpha value is -2.33. The average molecular weight is 459 g/mol. The topological polar surface area (TPSA) is 63.6 Å². The van der Waals surface area contributed by atoms with Gasteiger partial charge in [0.25, 0.3) is 0 Å². The number of halogens is 1. The second-order valence-electron chi connectivity index (χ2n) is 9.39. The first kappa shape index (κ1) is 25.9. The van der Waals surface area contributed by atoms with E-state index in [0.717, 1.165) is 29.5 Å². The third-order valence-corrected chi connectivity index (χ3v) is 5.73. The highest BCUT2D eigenvalue weighted by molar-refractivity contribution is 6.30. The van der Waals surface area contributed by atoms with Crippen molar-refractivity contribution in [3.63, 3.8) is 0 Å². The third-order valence-electron chi connectivity index (χ3n) is 5.48. The zero-order valence-electron chi connectivity index (χ0n) is 19.6. The molecule has 0 spiro atoms. The Balaban J connectivity index is 2.02. The molecule has 5 heteroatoms. The van der Waals surface area contributed by atoms with Crippen LogP contribution in [0.2, 0.25) is 5.02 Å². The molecule has 0 aliphatic carbocycles. The molecule has 0 aliphatic heterocycles. The lowest BCUT2D eigenvalue weighted by Crippen LogP contribution is -2.31. The summed E-state index contributed by atoms with van der Waals surface area (Å²) >= 11 is 5.96. The molecule has 32 heavy (non-hydrogen) atoms. The maximum Gasteiger partial charge on any atom is 0.309 e. The summed E-state index contributed by atoms with van der Waals surface area (Å²) in [5.74, 6) is -2.11. The van der Waals surface area contributed by atoms with E-state index in [1.54, 1.807) is 0 Å². The lowest BCUT2D eigenvalue weighted by Gasteiger charge is -2.25. The minimum absolute atomic E-state index is 0.287. The van der Waals surface area contributed by atoms with Crippen LogP contribution in [0.4, 0.5) is 0 Å². The van der Waals surface area contributed by atoms with Crippen molar-refractivity contribution in [2.45, 2.75) is 71.8 Å². The van der Waals surface area contributed by atoms with Crippen molar-refractivity contribution in [3.8, 4) is 11.1 Å². The Labute approximate surface area is 196 Å². The van der Waals surface area contributed by atoms with Crippen LogP contribution in [-0.2, 0) is 20.7 Å². The van der Waals surface area contributed by atoms with Gasteiger partial charge < -0.3 is 9.84 Å². The molecule has 0 heterocycles. The highest BCUT2D eigenvalue weighted by atomic mass is 35.5. The van der Waals surface area contributed by atoms with Crippen molar-refractivity contribution in [3.05, 3.63) is 59.1 Å². The number of ether oxygens (including phenoxy) is 1. The molecule has 0 saturated carbocycles. The normalized spacial score (nSPS) is 13.4. The molecule has 0 amide bonds. The fraction of sp³-hybridized carbons (Fsp3) is 0.481. The van der Waals surface area contributed by atoms with Crippen molar-refractivity contribution in [1.29, 1.82) is 0 Å². The smallest absolute Gasteiger partial charge is 0.309 e. The summed E-state index contributed by atoms with van der Waals surface area (Å²) in [6.07, 6.45) is 3.94. The van der Waals surface area contributed by atoms with Gasteiger partial charge in [-0.3, -0.25) is 9.59 Å². The molecule has 4 nitrogen and oxygen atoms in total. The molecule has 0 fully saturated rings. The Morgan fingerprint density at radius 1 is 0.938 bits per heavy atom. The number of rotatable bonds is 11. The lowest BCUT2D eigenvalue weighted by molar-refractivity contribution is -0.161. The van der Waals surface area contributed by atoms with Crippen molar-refractivity contribution >= 4 is 23.5 Å². The van der Waals surface area contributed by atoms with Gasteiger partial charge in [-0.25, -0.2) is 0 Å². The van der Waals surface area contributed by atoms with E-state index < -0.39 is 17.5 Å². The van der Waals surface area contributed by atoms with Crippen LogP contribution in [0.1, 0.15) is 65.4 Å². The zero-order chi connectivity index (χ0) is 23.7. The molecule has 0 bridgehead atoms. The second kappa shape index (κ2) is 12.1. The zero-order valence-corrected chi connectivity index (χ0v) is 20.3. The second-order valence-corrected chi connectivity index (χ2v) is 9.82. The van der Waals surface area contributed by atoms with Gasteiger partial charge in [0, 0.05) is 5.02 Å². The maximum absolute atomic E-state index is 12.7. The van der Waals surface area contributed by atoms with Crippen LogP contribution < -0.4 is 0 Å². The number of hydrogen-bond acceptors (Lipinski definition) is 3. The standard InChI is InChI=1S/C27H35ClO4/c1-5-6-7-23(26(31)32-27(2,3)4)18-22(25(29)30)13-10-19-8-11-20(12-9-19)21-14-16-24(28)17-15-21/h8-9,11-12,14-17,22-23H,5-7,10,13,18H2,1-4H3,(H,29,30)/t22-,23+/m1/s1. The quantitative estimate of drug-likeness (QED) is 0.362. The Morgan fingerprint density at radius 3 is 2.00 bits per heavy atom. The molecular weight excluding hydrogens is 424 g/mol. The molecular formula is C27H35ClO4. The van der Waals surface area contributed by atoms with Crippen LogP contribution in [0.3, 0.4) is 0 Å². The molecule has 0 unspecified atom stereocenters. The molecule has 0 aliphatic rings. The Bertz CT molecular complexity index is 866. The third kappa shape index (κ3) is 8.66. The van der Waals surface area contributed by atoms with Crippen LogP contribution >= 0.6 is 11.6 Å². The molecule has 2 atom stereocenters. The fourth-order valence-corrected chi connectivity index (χ4v) is 3.83. The van der Waals surface area contributed by atoms with E-state index >= 15 is 0 Å². The molecule has 1 N–H and O–H groups in total. The van der Waals surface area contributed by atoms with Gasteiger partial charge in [0.05, 0.1) is 11.8 Å². The number of aliphatic carboxylic acids is 1. The van der Waals surface area contributed by atoms with E-state index in [2.05, 4.69) is 6.92 Å². The molecule has 2 rings (SSSR count). The monoisotopic (exact) mass is 458 g/mol. The summed E-state index contributed by atoms with van der Waals surface area (Å²) < 4.78 is 5.56. The minimum atomic E-state index is -0.854. The SMILES string of the molecule is CCCC[C@@H](C[C@@H](CCc1ccc(-c2ccc(Cl)cc2)cc1)C(=O)O)C(=O)OC(C)(C)C. The number of carbonyl (C=O) groups excluding carboxylic acids is 1. The van der Waals surface area contributed by atoms with Crippen molar-refractivity contribution in [2.75, 3.05) is 0 Å². The highest BCUT2D eigenvalue weighted by Crippen LogP contribution is 2.27. The van der Waals surface area contributed by atoms with Crippen LogP contribution in [-0.4, -0.2) is 22.6 Å². The number of aryl methyl sites for hydroxylation is 1. The van der Waals surface area contributed by atoms with E-state index in [9.17, 15) is 14.7 Å². The molecule has 174 valence electrons. The number of carboxylic acids is 1. The number of benzene rings is 2. The molecule has 0 radical (unpaired) electrons. The predicted molar refractivity (Wildman–Crippen MR) is 130 cm³/mol. The van der Waals surface area contributed by atoms with Crippen molar-refractivity contribution in [2.24, 2.45) is 11.8 Å². The summed E-state index contributed by atoms with van der Waals surface area (Å²) in [5, 5.41) is 10.5. The van der Waals surface area contributed by atoms with Crippen molar-refractivity contribution in [1.82, 2.24) is 0 Å². The van der Waals surface area contributed by atoms with Crippen LogP contribution in [0.25, 0.3) is 11.1 Å². The molecule has 2 aromatic carbocycles. The number of hydrogen-bond donors (Lipinski definition) is 1. The van der Waals surface area contributed by atoms with E-state index in [4.69, 9.17) is 16.3 Å².